The lowest BCUT2D eigenvalue weighted by Crippen LogP contribution is -2.38. The molecule has 1 amide bonds. The zero-order valence-electron chi connectivity index (χ0n) is 24.2. The molecule has 2 heterocycles. The third-order valence-corrected chi connectivity index (χ3v) is 7.65. The molecule has 2 aliphatic heterocycles. The smallest absolute Gasteiger partial charge is 0.295 e. The van der Waals surface area contributed by atoms with Crippen LogP contribution >= 0.6 is 0 Å². The molecule has 1 saturated heterocycles. The van der Waals surface area contributed by atoms with Gasteiger partial charge in [0.15, 0.2) is 23.0 Å². The van der Waals surface area contributed by atoms with E-state index in [1.54, 1.807) is 43.5 Å². The van der Waals surface area contributed by atoms with Gasteiger partial charge in [-0.1, -0.05) is 50.2 Å². The molecule has 9 nitrogen and oxygen atoms in total. The number of rotatable bonds is 11. The Hall–Kier alpha value is -4.50. The fourth-order valence-corrected chi connectivity index (χ4v) is 5.30. The fourth-order valence-electron chi connectivity index (χ4n) is 5.30. The lowest BCUT2D eigenvalue weighted by Gasteiger charge is -2.28. The normalized spacial score (nSPS) is 17.5. The lowest BCUT2D eigenvalue weighted by atomic mass is 9.94. The fraction of sp³-hybridized carbons (Fsp3) is 0.333. The minimum absolute atomic E-state index is 0.0104. The number of carbonyl (C=O) groups is 2. The Morgan fingerprint density at radius 3 is 2.40 bits per heavy atom. The second kappa shape index (κ2) is 13.0. The van der Waals surface area contributed by atoms with E-state index in [0.717, 1.165) is 18.7 Å². The first-order valence-corrected chi connectivity index (χ1v) is 14.2. The van der Waals surface area contributed by atoms with Gasteiger partial charge in [-0.05, 0) is 54.5 Å². The van der Waals surface area contributed by atoms with Crippen LogP contribution in [0.2, 0.25) is 0 Å². The van der Waals surface area contributed by atoms with Crippen LogP contribution in [0.1, 0.15) is 36.6 Å². The van der Waals surface area contributed by atoms with Gasteiger partial charge in [-0.2, -0.15) is 0 Å². The number of aliphatic hydroxyl groups excluding tert-OH is 1. The predicted molar refractivity (Wildman–Crippen MR) is 158 cm³/mol. The number of ether oxygens (including phenoxy) is 4. The Kier molecular flexibility index (Phi) is 8.97. The molecule has 0 radical (unpaired) electrons. The zero-order chi connectivity index (χ0) is 29.6. The first-order valence-electron chi connectivity index (χ1n) is 14.2. The molecule has 3 aromatic rings. The van der Waals surface area contributed by atoms with E-state index >= 15 is 0 Å². The van der Waals surface area contributed by atoms with Gasteiger partial charge in [-0.3, -0.25) is 9.59 Å². The van der Waals surface area contributed by atoms with E-state index in [0.29, 0.717) is 67.0 Å². The van der Waals surface area contributed by atoms with Crippen LogP contribution in [-0.4, -0.2) is 73.1 Å². The maximum absolute atomic E-state index is 13.5. The topological polar surface area (TPSA) is 97.8 Å². The summed E-state index contributed by atoms with van der Waals surface area (Å²) in [6.45, 7) is 7.77. The monoisotopic (exact) mass is 572 g/mol. The molecule has 0 saturated carbocycles. The molecule has 2 aliphatic rings. The molecule has 0 unspecified atom stereocenters. The zero-order valence-corrected chi connectivity index (χ0v) is 24.2. The standard InChI is InChI=1S/C33H36N2O7/c1-4-34(5-2)15-16-35-30(23-11-13-25(27(19-23)39-3)42-21-22-9-7-6-8-10-22)29(32(37)33(35)38)31(36)24-12-14-26-28(20-24)41-18-17-40-26/h6-14,19-20,30,36H,4-5,15-18,21H2,1-3H3/t30-/m1/s1. The van der Waals surface area contributed by atoms with E-state index in [1.807, 2.05) is 30.3 Å². The summed E-state index contributed by atoms with van der Waals surface area (Å²) in [5.41, 5.74) is 2.00. The summed E-state index contributed by atoms with van der Waals surface area (Å²) < 4.78 is 23.0. The Morgan fingerprint density at radius 2 is 1.69 bits per heavy atom. The van der Waals surface area contributed by atoms with Crippen LogP contribution < -0.4 is 18.9 Å². The van der Waals surface area contributed by atoms with E-state index in [-0.39, 0.29) is 11.3 Å². The molecular formula is C33H36N2O7. The highest BCUT2D eigenvalue weighted by molar-refractivity contribution is 6.46. The highest BCUT2D eigenvalue weighted by Crippen LogP contribution is 2.43. The molecule has 220 valence electrons. The average molecular weight is 573 g/mol. The maximum atomic E-state index is 13.5. The van der Waals surface area contributed by atoms with Gasteiger partial charge in [-0.25, -0.2) is 0 Å². The Morgan fingerprint density at radius 1 is 0.952 bits per heavy atom. The van der Waals surface area contributed by atoms with Crippen molar-refractivity contribution in [3.63, 3.8) is 0 Å². The van der Waals surface area contributed by atoms with Gasteiger partial charge in [0, 0.05) is 18.7 Å². The van der Waals surface area contributed by atoms with Crippen molar-refractivity contribution in [2.24, 2.45) is 0 Å². The number of hydrogen-bond donors (Lipinski definition) is 1. The molecule has 1 fully saturated rings. The van der Waals surface area contributed by atoms with Crippen molar-refractivity contribution in [1.29, 1.82) is 0 Å². The number of methoxy groups -OCH3 is 1. The van der Waals surface area contributed by atoms with Crippen molar-refractivity contribution in [2.75, 3.05) is 46.5 Å². The van der Waals surface area contributed by atoms with Gasteiger partial charge in [-0.15, -0.1) is 0 Å². The number of carbonyl (C=O) groups excluding carboxylic acids is 2. The number of amides is 1. The van der Waals surface area contributed by atoms with Crippen molar-refractivity contribution >= 4 is 17.4 Å². The summed E-state index contributed by atoms with van der Waals surface area (Å²) in [6, 6.07) is 19.3. The van der Waals surface area contributed by atoms with Crippen molar-refractivity contribution in [3.05, 3.63) is 89.0 Å². The summed E-state index contributed by atoms with van der Waals surface area (Å²) in [5, 5.41) is 11.5. The van der Waals surface area contributed by atoms with Crippen LogP contribution in [0.3, 0.4) is 0 Å². The van der Waals surface area contributed by atoms with Crippen LogP contribution in [-0.2, 0) is 16.2 Å². The Bertz CT molecular complexity index is 1470. The van der Waals surface area contributed by atoms with Crippen LogP contribution in [0.15, 0.2) is 72.3 Å². The quantitative estimate of drug-likeness (QED) is 0.199. The summed E-state index contributed by atoms with van der Waals surface area (Å²) in [5.74, 6) is 0.340. The van der Waals surface area contributed by atoms with E-state index in [2.05, 4.69) is 18.7 Å². The molecule has 3 aromatic carbocycles. The number of benzene rings is 3. The molecule has 9 heteroatoms. The first kappa shape index (κ1) is 29.0. The van der Waals surface area contributed by atoms with E-state index in [9.17, 15) is 14.7 Å². The Balaban J connectivity index is 1.54. The molecule has 1 N–H and O–H groups in total. The third kappa shape index (κ3) is 5.92. The van der Waals surface area contributed by atoms with E-state index in [1.165, 1.54) is 4.90 Å². The molecule has 1 atom stereocenters. The van der Waals surface area contributed by atoms with E-state index in [4.69, 9.17) is 18.9 Å². The molecule has 0 aromatic heterocycles. The molecule has 42 heavy (non-hydrogen) atoms. The molecule has 0 spiro atoms. The van der Waals surface area contributed by atoms with Gasteiger partial charge in [0.2, 0.25) is 0 Å². The molecule has 5 rings (SSSR count). The van der Waals surface area contributed by atoms with Gasteiger partial charge < -0.3 is 33.9 Å². The van der Waals surface area contributed by atoms with E-state index < -0.39 is 17.7 Å². The Labute approximate surface area is 245 Å². The summed E-state index contributed by atoms with van der Waals surface area (Å²) in [4.78, 5) is 30.7. The SMILES string of the molecule is CCN(CC)CCN1C(=O)C(=O)C(=C(O)c2ccc3c(c2)OCCO3)[C@H]1c1ccc(OCc2ccccc2)c(OC)c1. The number of likely N-dealkylation sites (N-methyl/N-ethyl adjacent to an activating group) is 1. The van der Waals surface area contributed by atoms with Crippen LogP contribution in [0, 0.1) is 0 Å². The predicted octanol–water partition coefficient (Wildman–Crippen LogP) is 4.81. The molecular weight excluding hydrogens is 536 g/mol. The largest absolute Gasteiger partial charge is 0.507 e. The summed E-state index contributed by atoms with van der Waals surface area (Å²) >= 11 is 0. The number of aliphatic hydroxyl groups is 1. The first-order chi connectivity index (χ1) is 20.4. The van der Waals surface area contributed by atoms with Crippen molar-refractivity contribution in [2.45, 2.75) is 26.5 Å². The number of hydrogen-bond acceptors (Lipinski definition) is 8. The average Bonchev–Trinajstić information content (AvgIpc) is 3.29. The number of nitrogens with zero attached hydrogens (tertiary/aromatic N) is 2. The molecule has 0 bridgehead atoms. The van der Waals surface area contributed by atoms with Crippen LogP contribution in [0.4, 0.5) is 0 Å². The minimum Gasteiger partial charge on any atom is -0.507 e. The van der Waals surface area contributed by atoms with Crippen molar-refractivity contribution < 1.29 is 33.6 Å². The molecule has 0 aliphatic carbocycles. The highest BCUT2D eigenvalue weighted by atomic mass is 16.6. The summed E-state index contributed by atoms with van der Waals surface area (Å²) in [6.07, 6.45) is 0. The van der Waals surface area contributed by atoms with Gasteiger partial charge >= 0.3 is 0 Å². The highest BCUT2D eigenvalue weighted by Gasteiger charge is 2.46. The number of likely N-dealkylation sites (tertiary alicyclic amines) is 1. The van der Waals surface area contributed by atoms with Gasteiger partial charge in [0.25, 0.3) is 11.7 Å². The second-order valence-corrected chi connectivity index (χ2v) is 10.1. The van der Waals surface area contributed by atoms with Crippen LogP contribution in [0.5, 0.6) is 23.0 Å². The lowest BCUT2D eigenvalue weighted by molar-refractivity contribution is -0.140. The van der Waals surface area contributed by atoms with Gasteiger partial charge in [0.1, 0.15) is 25.6 Å². The van der Waals surface area contributed by atoms with Gasteiger partial charge in [0.05, 0.1) is 18.7 Å². The van der Waals surface area contributed by atoms with Crippen molar-refractivity contribution in [3.8, 4) is 23.0 Å². The second-order valence-electron chi connectivity index (χ2n) is 10.1. The maximum Gasteiger partial charge on any atom is 0.295 e. The number of Topliss-reactive ketones (excluding diaryl/α,β-unsaturated/α-hetero) is 1. The minimum atomic E-state index is -0.828. The number of fused-ring (bicyclic) bond motifs is 1. The third-order valence-electron chi connectivity index (χ3n) is 7.65. The van der Waals surface area contributed by atoms with Crippen molar-refractivity contribution in [1.82, 2.24) is 9.80 Å². The summed E-state index contributed by atoms with van der Waals surface area (Å²) in [7, 11) is 1.54. The van der Waals surface area contributed by atoms with Crippen LogP contribution in [0.25, 0.3) is 5.76 Å². The number of ketones is 1.